The van der Waals surface area contributed by atoms with Crippen molar-refractivity contribution in [3.05, 3.63) is 34.9 Å². The van der Waals surface area contributed by atoms with E-state index in [1.807, 2.05) is 14.1 Å². The standard InChI is InChI=1S/C16H26N2/c1-16(2,18-4)15(17-3)14-10-9-12-7-5-6-8-13(12)11-14/h9-11,15,17-18H,5-8H2,1-4H3. The van der Waals surface area contributed by atoms with Crippen molar-refractivity contribution >= 4 is 0 Å². The maximum atomic E-state index is 3.45. The number of hydrogen-bond acceptors (Lipinski definition) is 2. The van der Waals surface area contributed by atoms with Crippen LogP contribution in [-0.4, -0.2) is 19.6 Å². The van der Waals surface area contributed by atoms with E-state index >= 15 is 0 Å². The van der Waals surface area contributed by atoms with E-state index < -0.39 is 0 Å². The molecule has 1 atom stereocenters. The third kappa shape index (κ3) is 2.60. The lowest BCUT2D eigenvalue weighted by molar-refractivity contribution is 0.311. The van der Waals surface area contributed by atoms with Crippen LogP contribution in [0.15, 0.2) is 18.2 Å². The van der Waals surface area contributed by atoms with Crippen molar-refractivity contribution in [1.29, 1.82) is 0 Å². The summed E-state index contributed by atoms with van der Waals surface area (Å²) in [6.07, 6.45) is 5.20. The van der Waals surface area contributed by atoms with Crippen LogP contribution in [0.5, 0.6) is 0 Å². The first-order valence-electron chi connectivity index (χ1n) is 7.06. The summed E-state index contributed by atoms with van der Waals surface area (Å²) in [4.78, 5) is 0. The fourth-order valence-electron chi connectivity index (χ4n) is 3.02. The molecule has 18 heavy (non-hydrogen) atoms. The number of hydrogen-bond donors (Lipinski definition) is 2. The van der Waals surface area contributed by atoms with E-state index in [0.717, 1.165) is 0 Å². The van der Waals surface area contributed by atoms with Crippen molar-refractivity contribution in [2.45, 2.75) is 51.1 Å². The summed E-state index contributed by atoms with van der Waals surface area (Å²) in [5, 5.41) is 6.86. The van der Waals surface area contributed by atoms with Gasteiger partial charge in [0.25, 0.3) is 0 Å². The van der Waals surface area contributed by atoms with Gasteiger partial charge in [-0.1, -0.05) is 18.2 Å². The predicted octanol–water partition coefficient (Wildman–Crippen LogP) is 2.82. The van der Waals surface area contributed by atoms with E-state index in [9.17, 15) is 0 Å². The Hall–Kier alpha value is -0.860. The molecule has 0 heterocycles. The van der Waals surface area contributed by atoms with Crippen LogP contribution in [0.2, 0.25) is 0 Å². The third-order valence-corrected chi connectivity index (χ3v) is 4.36. The molecule has 1 aromatic carbocycles. The van der Waals surface area contributed by atoms with Crippen molar-refractivity contribution in [1.82, 2.24) is 10.6 Å². The van der Waals surface area contributed by atoms with Gasteiger partial charge < -0.3 is 10.6 Å². The summed E-state index contributed by atoms with van der Waals surface area (Å²) in [6, 6.07) is 7.38. The summed E-state index contributed by atoms with van der Waals surface area (Å²) < 4.78 is 0. The Morgan fingerprint density at radius 2 is 1.72 bits per heavy atom. The first kappa shape index (κ1) is 13.6. The highest BCUT2D eigenvalue weighted by atomic mass is 15.0. The number of likely N-dealkylation sites (N-methyl/N-ethyl adjacent to an activating group) is 2. The van der Waals surface area contributed by atoms with Crippen LogP contribution in [-0.2, 0) is 12.8 Å². The fraction of sp³-hybridized carbons (Fsp3) is 0.625. The second-order valence-electron chi connectivity index (χ2n) is 5.93. The molecule has 0 saturated heterocycles. The molecule has 2 rings (SSSR count). The zero-order valence-corrected chi connectivity index (χ0v) is 12.1. The van der Waals surface area contributed by atoms with Crippen LogP contribution in [0.25, 0.3) is 0 Å². The number of rotatable bonds is 4. The lowest BCUT2D eigenvalue weighted by atomic mass is 9.84. The van der Waals surface area contributed by atoms with E-state index in [1.165, 1.54) is 31.2 Å². The molecular formula is C16H26N2. The van der Waals surface area contributed by atoms with Crippen molar-refractivity contribution in [2.75, 3.05) is 14.1 Å². The maximum Gasteiger partial charge on any atom is 0.0497 e. The van der Waals surface area contributed by atoms with Gasteiger partial charge >= 0.3 is 0 Å². The van der Waals surface area contributed by atoms with Gasteiger partial charge in [-0.25, -0.2) is 0 Å². The minimum absolute atomic E-state index is 0.0532. The Bertz CT molecular complexity index is 410. The Morgan fingerprint density at radius 3 is 2.33 bits per heavy atom. The molecule has 0 aliphatic heterocycles. The summed E-state index contributed by atoms with van der Waals surface area (Å²) >= 11 is 0. The van der Waals surface area contributed by atoms with Crippen LogP contribution in [0.3, 0.4) is 0 Å². The Labute approximate surface area is 111 Å². The lowest BCUT2D eigenvalue weighted by Crippen LogP contribution is -2.47. The summed E-state index contributed by atoms with van der Waals surface area (Å²) in [5.41, 5.74) is 4.57. The molecule has 0 bridgehead atoms. The molecule has 1 unspecified atom stereocenters. The van der Waals surface area contributed by atoms with Gasteiger partial charge in [0, 0.05) is 11.6 Å². The normalized spacial score (nSPS) is 17.3. The van der Waals surface area contributed by atoms with Crippen LogP contribution < -0.4 is 10.6 Å². The second-order valence-corrected chi connectivity index (χ2v) is 5.93. The van der Waals surface area contributed by atoms with E-state index in [-0.39, 0.29) is 5.54 Å². The smallest absolute Gasteiger partial charge is 0.0497 e. The molecule has 100 valence electrons. The first-order chi connectivity index (χ1) is 8.58. The van der Waals surface area contributed by atoms with E-state index in [1.54, 1.807) is 11.1 Å². The molecule has 0 amide bonds. The first-order valence-corrected chi connectivity index (χ1v) is 7.06. The molecule has 0 spiro atoms. The molecule has 1 aromatic rings. The fourth-order valence-corrected chi connectivity index (χ4v) is 3.02. The summed E-state index contributed by atoms with van der Waals surface area (Å²) in [7, 11) is 4.08. The van der Waals surface area contributed by atoms with Gasteiger partial charge in [-0.15, -0.1) is 0 Å². The Morgan fingerprint density at radius 1 is 1.06 bits per heavy atom. The zero-order valence-electron chi connectivity index (χ0n) is 12.1. The van der Waals surface area contributed by atoms with Crippen molar-refractivity contribution in [2.24, 2.45) is 0 Å². The highest BCUT2D eigenvalue weighted by Gasteiger charge is 2.28. The second kappa shape index (κ2) is 5.41. The highest BCUT2D eigenvalue weighted by Crippen LogP contribution is 2.29. The maximum absolute atomic E-state index is 3.45. The largest absolute Gasteiger partial charge is 0.313 e. The van der Waals surface area contributed by atoms with Gasteiger partial charge in [-0.2, -0.15) is 0 Å². The molecule has 1 aliphatic carbocycles. The molecule has 1 aliphatic rings. The van der Waals surface area contributed by atoms with Crippen LogP contribution in [0, 0.1) is 0 Å². The highest BCUT2D eigenvalue weighted by molar-refractivity contribution is 5.36. The predicted molar refractivity (Wildman–Crippen MR) is 78.0 cm³/mol. The van der Waals surface area contributed by atoms with E-state index in [0.29, 0.717) is 6.04 Å². The van der Waals surface area contributed by atoms with Gasteiger partial charge in [-0.05, 0) is 70.3 Å². The van der Waals surface area contributed by atoms with Gasteiger partial charge in [0.05, 0.1) is 0 Å². The number of benzene rings is 1. The van der Waals surface area contributed by atoms with E-state index in [2.05, 4.69) is 42.7 Å². The summed E-state index contributed by atoms with van der Waals surface area (Å²) in [5.74, 6) is 0. The lowest BCUT2D eigenvalue weighted by Gasteiger charge is -2.35. The monoisotopic (exact) mass is 246 g/mol. The molecule has 2 heteroatoms. The third-order valence-electron chi connectivity index (χ3n) is 4.36. The minimum atomic E-state index is 0.0532. The molecule has 2 N–H and O–H groups in total. The quantitative estimate of drug-likeness (QED) is 0.853. The minimum Gasteiger partial charge on any atom is -0.313 e. The SMILES string of the molecule is CNC(c1ccc2c(c1)CCCC2)C(C)(C)NC. The average Bonchev–Trinajstić information content (AvgIpc) is 2.39. The number of nitrogens with one attached hydrogen (secondary N) is 2. The molecule has 0 aromatic heterocycles. The molecule has 2 nitrogen and oxygen atoms in total. The van der Waals surface area contributed by atoms with Crippen molar-refractivity contribution in [3.63, 3.8) is 0 Å². The van der Waals surface area contributed by atoms with Gasteiger partial charge in [0.15, 0.2) is 0 Å². The average molecular weight is 246 g/mol. The Balaban J connectivity index is 2.32. The number of fused-ring (bicyclic) bond motifs is 1. The van der Waals surface area contributed by atoms with Crippen LogP contribution in [0.1, 0.15) is 49.4 Å². The van der Waals surface area contributed by atoms with Gasteiger partial charge in [0.1, 0.15) is 0 Å². The molecule has 0 radical (unpaired) electrons. The molecule has 0 fully saturated rings. The summed E-state index contributed by atoms with van der Waals surface area (Å²) in [6.45, 7) is 4.49. The van der Waals surface area contributed by atoms with Gasteiger partial charge in [-0.3, -0.25) is 0 Å². The van der Waals surface area contributed by atoms with Crippen molar-refractivity contribution < 1.29 is 0 Å². The van der Waals surface area contributed by atoms with E-state index in [4.69, 9.17) is 0 Å². The van der Waals surface area contributed by atoms with Crippen molar-refractivity contribution in [3.8, 4) is 0 Å². The van der Waals surface area contributed by atoms with Crippen LogP contribution >= 0.6 is 0 Å². The molecule has 0 saturated carbocycles. The molecular weight excluding hydrogens is 220 g/mol. The topological polar surface area (TPSA) is 24.1 Å². The van der Waals surface area contributed by atoms with Gasteiger partial charge in [0.2, 0.25) is 0 Å². The zero-order chi connectivity index (χ0) is 13.2. The Kier molecular flexibility index (Phi) is 4.08. The van der Waals surface area contributed by atoms with Crippen LogP contribution in [0.4, 0.5) is 0 Å². The number of aryl methyl sites for hydroxylation is 2.